The molecule has 3 rings (SSSR count). The number of carbonyl (C=O) groups excluding carboxylic acids is 1. The quantitative estimate of drug-likeness (QED) is 0.674. The first-order valence-electron chi connectivity index (χ1n) is 10.0. The normalized spacial score (nSPS) is 14.8. The van der Waals surface area contributed by atoms with E-state index in [9.17, 15) is 9.59 Å². The largest absolute Gasteiger partial charge is 0.496 e. The predicted molar refractivity (Wildman–Crippen MR) is 119 cm³/mol. The highest BCUT2D eigenvalue weighted by molar-refractivity contribution is 7.99. The van der Waals surface area contributed by atoms with Gasteiger partial charge in [0.05, 0.1) is 17.9 Å². The number of benzene rings is 2. The van der Waals surface area contributed by atoms with Crippen LogP contribution in [0.4, 0.5) is 0 Å². The van der Waals surface area contributed by atoms with E-state index < -0.39 is 5.97 Å². The number of nitrogens with zero attached hydrogens (tertiary/aromatic N) is 1. The van der Waals surface area contributed by atoms with E-state index in [2.05, 4.69) is 19.9 Å². The molecule has 2 aromatic carbocycles. The highest BCUT2D eigenvalue weighted by atomic mass is 32.2. The van der Waals surface area contributed by atoms with Crippen molar-refractivity contribution in [2.45, 2.75) is 36.5 Å². The smallest absolute Gasteiger partial charge is 0.306 e. The molecule has 0 spiro atoms. The van der Waals surface area contributed by atoms with Gasteiger partial charge in [-0.25, -0.2) is 0 Å². The lowest BCUT2D eigenvalue weighted by Crippen LogP contribution is -2.39. The summed E-state index contributed by atoms with van der Waals surface area (Å²) in [5.41, 5.74) is 3.30. The van der Waals surface area contributed by atoms with Gasteiger partial charge in [0.15, 0.2) is 0 Å². The van der Waals surface area contributed by atoms with E-state index in [0.717, 1.165) is 26.7 Å². The molecule has 1 heterocycles. The molecule has 1 amide bonds. The lowest BCUT2D eigenvalue weighted by atomic mass is 9.97. The van der Waals surface area contributed by atoms with Gasteiger partial charge in [0.2, 0.25) is 5.91 Å². The molecule has 5 nitrogen and oxygen atoms in total. The molecule has 30 heavy (non-hydrogen) atoms. The van der Waals surface area contributed by atoms with Crippen LogP contribution in [0.5, 0.6) is 5.75 Å². The molecule has 0 atom stereocenters. The minimum absolute atomic E-state index is 0.0663. The third-order valence-corrected chi connectivity index (χ3v) is 6.85. The third kappa shape index (κ3) is 5.05. The van der Waals surface area contributed by atoms with Gasteiger partial charge in [-0.2, -0.15) is 0 Å². The van der Waals surface area contributed by atoms with E-state index in [4.69, 9.17) is 9.84 Å². The molecule has 6 heteroatoms. The predicted octanol–water partition coefficient (Wildman–Crippen LogP) is 4.80. The van der Waals surface area contributed by atoms with Crippen LogP contribution in [0.1, 0.15) is 29.5 Å². The summed E-state index contributed by atoms with van der Waals surface area (Å²) in [5.74, 6) is -0.324. The fraction of sp³-hybridized carbons (Fsp3) is 0.333. The van der Waals surface area contributed by atoms with Crippen molar-refractivity contribution in [2.24, 2.45) is 5.92 Å². The summed E-state index contributed by atoms with van der Waals surface area (Å²) in [6.45, 7) is 5.13. The first-order valence-corrected chi connectivity index (χ1v) is 10.8. The van der Waals surface area contributed by atoms with Crippen molar-refractivity contribution in [1.82, 2.24) is 4.90 Å². The number of hydrogen-bond donors (Lipinski definition) is 1. The minimum Gasteiger partial charge on any atom is -0.496 e. The summed E-state index contributed by atoms with van der Waals surface area (Å²) in [5, 5.41) is 9.09. The van der Waals surface area contributed by atoms with Crippen LogP contribution in [-0.4, -0.2) is 42.1 Å². The molecular formula is C24H27NO4S. The number of carbonyl (C=O) groups is 2. The summed E-state index contributed by atoms with van der Waals surface area (Å²) in [4.78, 5) is 27.5. The molecule has 1 N–H and O–H groups in total. The zero-order valence-corrected chi connectivity index (χ0v) is 18.4. The zero-order valence-electron chi connectivity index (χ0n) is 17.6. The molecule has 0 aliphatic carbocycles. The fourth-order valence-electron chi connectivity index (χ4n) is 3.54. The lowest BCUT2D eigenvalue weighted by molar-refractivity contribution is -0.144. The van der Waals surface area contributed by atoms with Crippen LogP contribution in [-0.2, 0) is 9.59 Å². The molecule has 0 radical (unpaired) electrons. The molecule has 1 aliphatic rings. The Morgan fingerprint density at radius 1 is 1.07 bits per heavy atom. The van der Waals surface area contributed by atoms with Crippen molar-refractivity contribution in [1.29, 1.82) is 0 Å². The van der Waals surface area contributed by atoms with Crippen molar-refractivity contribution in [3.63, 3.8) is 0 Å². The van der Waals surface area contributed by atoms with Crippen LogP contribution in [0.2, 0.25) is 0 Å². The average Bonchev–Trinajstić information content (AvgIpc) is 2.76. The molecule has 0 saturated carbocycles. The van der Waals surface area contributed by atoms with Crippen LogP contribution in [0.3, 0.4) is 0 Å². The van der Waals surface area contributed by atoms with Crippen LogP contribution >= 0.6 is 11.8 Å². The number of aliphatic carboxylic acids is 1. The van der Waals surface area contributed by atoms with Crippen molar-refractivity contribution in [3.05, 3.63) is 59.2 Å². The Balaban J connectivity index is 1.69. The van der Waals surface area contributed by atoms with Crippen molar-refractivity contribution in [2.75, 3.05) is 20.2 Å². The summed E-state index contributed by atoms with van der Waals surface area (Å²) in [6.07, 6.45) is 4.48. The summed E-state index contributed by atoms with van der Waals surface area (Å²) in [7, 11) is 1.67. The monoisotopic (exact) mass is 425 g/mol. The average molecular weight is 426 g/mol. The van der Waals surface area contributed by atoms with Crippen LogP contribution in [0.25, 0.3) is 6.08 Å². The van der Waals surface area contributed by atoms with Crippen LogP contribution < -0.4 is 4.74 Å². The summed E-state index contributed by atoms with van der Waals surface area (Å²) >= 11 is 1.67. The van der Waals surface area contributed by atoms with Gasteiger partial charge in [0, 0.05) is 24.1 Å². The fourth-order valence-corrected chi connectivity index (χ4v) is 4.62. The number of carboxylic acid groups (broad SMARTS) is 1. The molecule has 1 aliphatic heterocycles. The first kappa shape index (κ1) is 22.0. The number of methoxy groups -OCH3 is 1. The molecule has 0 aromatic heterocycles. The number of amides is 1. The Labute approximate surface area is 181 Å². The SMILES string of the molecule is COc1ccccc1Sc1ccc(/C=C/C(=O)N2CCC(C(=O)O)CC2)c(C)c1C. The van der Waals surface area contributed by atoms with Gasteiger partial charge in [-0.3, -0.25) is 9.59 Å². The van der Waals surface area contributed by atoms with E-state index >= 15 is 0 Å². The number of carboxylic acids is 1. The van der Waals surface area contributed by atoms with Gasteiger partial charge in [-0.05, 0) is 67.7 Å². The topological polar surface area (TPSA) is 66.8 Å². The van der Waals surface area contributed by atoms with E-state index in [1.807, 2.05) is 36.4 Å². The summed E-state index contributed by atoms with van der Waals surface area (Å²) < 4.78 is 5.45. The maximum absolute atomic E-state index is 12.5. The van der Waals surface area contributed by atoms with E-state index in [1.165, 1.54) is 5.56 Å². The molecular weight excluding hydrogens is 398 g/mol. The second-order valence-corrected chi connectivity index (χ2v) is 8.51. The first-order chi connectivity index (χ1) is 14.4. The molecule has 1 fully saturated rings. The van der Waals surface area contributed by atoms with Gasteiger partial charge in [0.25, 0.3) is 0 Å². The van der Waals surface area contributed by atoms with E-state index in [1.54, 1.807) is 29.8 Å². The van der Waals surface area contributed by atoms with Crippen LogP contribution in [0, 0.1) is 19.8 Å². The minimum atomic E-state index is -0.769. The Hall–Kier alpha value is -2.73. The van der Waals surface area contributed by atoms with Gasteiger partial charge >= 0.3 is 5.97 Å². The summed E-state index contributed by atoms with van der Waals surface area (Å²) in [6, 6.07) is 12.0. The lowest BCUT2D eigenvalue weighted by Gasteiger charge is -2.29. The van der Waals surface area contributed by atoms with Gasteiger partial charge in [-0.1, -0.05) is 30.0 Å². The van der Waals surface area contributed by atoms with Gasteiger partial charge in [-0.15, -0.1) is 0 Å². The molecule has 1 saturated heterocycles. The van der Waals surface area contributed by atoms with E-state index in [-0.39, 0.29) is 11.8 Å². The maximum atomic E-state index is 12.5. The highest BCUT2D eigenvalue weighted by Gasteiger charge is 2.26. The third-order valence-electron chi connectivity index (χ3n) is 5.63. The number of rotatable bonds is 6. The van der Waals surface area contributed by atoms with Crippen molar-refractivity contribution >= 4 is 29.7 Å². The number of piperidine rings is 1. The second-order valence-electron chi connectivity index (χ2n) is 7.43. The van der Waals surface area contributed by atoms with Gasteiger partial charge in [0.1, 0.15) is 5.75 Å². The Morgan fingerprint density at radius 3 is 2.43 bits per heavy atom. The maximum Gasteiger partial charge on any atom is 0.306 e. The number of hydrogen-bond acceptors (Lipinski definition) is 4. The molecule has 0 unspecified atom stereocenters. The Morgan fingerprint density at radius 2 is 1.77 bits per heavy atom. The second kappa shape index (κ2) is 9.85. The van der Waals surface area contributed by atoms with Crippen molar-refractivity contribution in [3.8, 4) is 5.75 Å². The highest BCUT2D eigenvalue weighted by Crippen LogP contribution is 2.37. The Kier molecular flexibility index (Phi) is 7.21. The number of ether oxygens (including phenoxy) is 1. The van der Waals surface area contributed by atoms with Crippen molar-refractivity contribution < 1.29 is 19.4 Å². The van der Waals surface area contributed by atoms with Gasteiger partial charge < -0.3 is 14.7 Å². The zero-order chi connectivity index (χ0) is 21.7. The van der Waals surface area contributed by atoms with E-state index in [0.29, 0.717) is 25.9 Å². The number of likely N-dealkylation sites (tertiary alicyclic amines) is 1. The Bertz CT molecular complexity index is 962. The van der Waals surface area contributed by atoms with Crippen LogP contribution in [0.15, 0.2) is 52.3 Å². The standard InChI is InChI=1S/C24H27NO4S/c1-16-17(2)21(30-22-7-5-4-6-20(22)29-3)10-8-18(16)9-11-23(26)25-14-12-19(13-15-25)24(27)28/h4-11,19H,12-15H2,1-3H3,(H,27,28)/b11-9+. The molecule has 0 bridgehead atoms. The number of para-hydroxylation sites is 1. The molecule has 2 aromatic rings. The molecule has 158 valence electrons.